The van der Waals surface area contributed by atoms with Crippen LogP contribution in [0.3, 0.4) is 0 Å². The van der Waals surface area contributed by atoms with E-state index in [1.807, 2.05) is 61.5 Å². The molecule has 0 unspecified atom stereocenters. The number of ether oxygens (including phenoxy) is 2. The number of methoxy groups -OCH3 is 2. The smallest absolute Gasteiger partial charge is 0.264 e. The van der Waals surface area contributed by atoms with Crippen molar-refractivity contribution in [2.75, 3.05) is 32.1 Å². The molecule has 0 radical (unpaired) electrons. The van der Waals surface area contributed by atoms with Crippen molar-refractivity contribution in [1.82, 2.24) is 10.2 Å². The summed E-state index contributed by atoms with van der Waals surface area (Å²) in [5.41, 5.74) is 2.86. The van der Waals surface area contributed by atoms with Gasteiger partial charge in [0, 0.05) is 26.1 Å². The van der Waals surface area contributed by atoms with Crippen molar-refractivity contribution in [2.24, 2.45) is 0 Å². The van der Waals surface area contributed by atoms with Crippen molar-refractivity contribution in [2.45, 2.75) is 30.8 Å². The molecule has 1 atom stereocenters. The lowest BCUT2D eigenvalue weighted by Gasteiger charge is -2.33. The molecule has 4 rings (SSSR count). The van der Waals surface area contributed by atoms with Gasteiger partial charge in [-0.1, -0.05) is 78.4 Å². The molecule has 44 heavy (non-hydrogen) atoms. The van der Waals surface area contributed by atoms with Crippen molar-refractivity contribution >= 4 is 27.5 Å². The Morgan fingerprint density at radius 2 is 1.43 bits per heavy atom. The minimum Gasteiger partial charge on any atom is -0.493 e. The number of nitrogens with one attached hydrogen (secondary N) is 1. The van der Waals surface area contributed by atoms with E-state index in [1.54, 1.807) is 30.3 Å². The first kappa shape index (κ1) is 32.1. The normalized spacial score (nSPS) is 11.7. The van der Waals surface area contributed by atoms with Crippen molar-refractivity contribution < 1.29 is 27.5 Å². The predicted molar refractivity (Wildman–Crippen MR) is 170 cm³/mol. The van der Waals surface area contributed by atoms with Gasteiger partial charge in [-0.25, -0.2) is 8.42 Å². The molecule has 0 saturated heterocycles. The van der Waals surface area contributed by atoms with Gasteiger partial charge in [-0.2, -0.15) is 0 Å². The molecule has 230 valence electrons. The summed E-state index contributed by atoms with van der Waals surface area (Å²) < 4.78 is 40.0. The molecular weight excluding hydrogens is 578 g/mol. The van der Waals surface area contributed by atoms with E-state index in [0.717, 1.165) is 21.0 Å². The van der Waals surface area contributed by atoms with Crippen LogP contribution in [0.4, 0.5) is 5.69 Å². The maximum atomic E-state index is 14.4. The summed E-state index contributed by atoms with van der Waals surface area (Å²) in [5.74, 6) is -0.207. The highest BCUT2D eigenvalue weighted by molar-refractivity contribution is 7.92. The van der Waals surface area contributed by atoms with E-state index in [0.29, 0.717) is 11.5 Å². The van der Waals surface area contributed by atoms with Crippen molar-refractivity contribution in [3.05, 3.63) is 120 Å². The van der Waals surface area contributed by atoms with Gasteiger partial charge < -0.3 is 19.7 Å². The summed E-state index contributed by atoms with van der Waals surface area (Å²) in [6.45, 7) is 1.47. The van der Waals surface area contributed by atoms with E-state index in [4.69, 9.17) is 9.47 Å². The van der Waals surface area contributed by atoms with Gasteiger partial charge in [-0.05, 0) is 42.3 Å². The minimum absolute atomic E-state index is 0.0138. The van der Waals surface area contributed by atoms with Gasteiger partial charge >= 0.3 is 0 Å². The Kier molecular flexibility index (Phi) is 10.6. The molecule has 4 aromatic carbocycles. The highest BCUT2D eigenvalue weighted by atomic mass is 32.2. The molecule has 0 spiro atoms. The van der Waals surface area contributed by atoms with Gasteiger partial charge in [0.05, 0.1) is 24.8 Å². The number of hydrogen-bond acceptors (Lipinski definition) is 6. The fourth-order valence-electron chi connectivity index (χ4n) is 4.96. The summed E-state index contributed by atoms with van der Waals surface area (Å²) in [4.78, 5) is 29.3. The number of sulfonamides is 1. The van der Waals surface area contributed by atoms with E-state index in [9.17, 15) is 18.0 Å². The third kappa shape index (κ3) is 7.57. The predicted octanol–water partition coefficient (Wildman–Crippen LogP) is 4.59. The van der Waals surface area contributed by atoms with E-state index >= 15 is 0 Å². The number of anilines is 1. The number of carbonyl (C=O) groups excluding carboxylic acids is 2. The van der Waals surface area contributed by atoms with E-state index in [1.165, 1.54) is 44.4 Å². The number of carbonyl (C=O) groups is 2. The third-order valence-electron chi connectivity index (χ3n) is 7.22. The van der Waals surface area contributed by atoms with Crippen molar-refractivity contribution in [3.63, 3.8) is 0 Å². The van der Waals surface area contributed by atoms with E-state index in [2.05, 4.69) is 5.32 Å². The summed E-state index contributed by atoms with van der Waals surface area (Å²) in [7, 11) is 0.220. The molecule has 2 amide bonds. The van der Waals surface area contributed by atoms with Gasteiger partial charge in [-0.15, -0.1) is 0 Å². The van der Waals surface area contributed by atoms with E-state index in [-0.39, 0.29) is 29.5 Å². The molecule has 0 aliphatic carbocycles. The highest BCUT2D eigenvalue weighted by Gasteiger charge is 2.34. The lowest BCUT2D eigenvalue weighted by atomic mass is 10.0. The Hall–Kier alpha value is -4.83. The van der Waals surface area contributed by atoms with Crippen LogP contribution < -0.4 is 19.1 Å². The SMILES string of the molecule is CNC(=O)[C@H](Cc1ccccc1)N(Cc1cccc(C)c1)C(=O)CN(c1ccc(OC)c(OC)c1)S(=O)(=O)c1ccccc1. The molecule has 10 heteroatoms. The van der Waals surface area contributed by atoms with Crippen LogP contribution in [0.1, 0.15) is 16.7 Å². The largest absolute Gasteiger partial charge is 0.493 e. The number of rotatable bonds is 13. The van der Waals surface area contributed by atoms with Crippen molar-refractivity contribution in [3.8, 4) is 11.5 Å². The van der Waals surface area contributed by atoms with Gasteiger partial charge in [0.25, 0.3) is 10.0 Å². The zero-order valence-corrected chi connectivity index (χ0v) is 26.1. The number of likely N-dealkylation sites (N-methyl/N-ethyl adjacent to an activating group) is 1. The highest BCUT2D eigenvalue weighted by Crippen LogP contribution is 2.34. The second kappa shape index (κ2) is 14.6. The fourth-order valence-corrected chi connectivity index (χ4v) is 6.38. The van der Waals surface area contributed by atoms with Gasteiger partial charge in [0.1, 0.15) is 12.6 Å². The van der Waals surface area contributed by atoms with Crippen LogP contribution in [0.5, 0.6) is 11.5 Å². The zero-order valence-electron chi connectivity index (χ0n) is 25.3. The van der Waals surface area contributed by atoms with Crippen LogP contribution in [0.15, 0.2) is 108 Å². The van der Waals surface area contributed by atoms with Crippen molar-refractivity contribution in [1.29, 1.82) is 0 Å². The van der Waals surface area contributed by atoms with Crippen LogP contribution in [-0.4, -0.2) is 59.0 Å². The molecule has 0 aromatic heterocycles. The number of nitrogens with zero attached hydrogens (tertiary/aromatic N) is 2. The van der Waals surface area contributed by atoms with Crippen LogP contribution >= 0.6 is 0 Å². The summed E-state index contributed by atoms with van der Waals surface area (Å²) in [5, 5.41) is 2.69. The lowest BCUT2D eigenvalue weighted by molar-refractivity contribution is -0.139. The second-order valence-corrected chi connectivity index (χ2v) is 12.1. The standard InChI is InChI=1S/C34H37N3O6S/c1-25-12-11-15-27(20-25)23-36(30(34(39)35-2)21-26-13-7-5-8-14-26)33(38)24-37(44(40,41)29-16-9-6-10-17-29)28-18-19-31(42-3)32(22-28)43-4/h5-20,22,30H,21,23-24H2,1-4H3,(H,35,39)/t30-/m0/s1. The number of benzene rings is 4. The minimum atomic E-state index is -4.23. The Labute approximate surface area is 259 Å². The Morgan fingerprint density at radius 1 is 0.795 bits per heavy atom. The van der Waals surface area contributed by atoms with Gasteiger partial charge in [-0.3, -0.25) is 13.9 Å². The number of hydrogen-bond donors (Lipinski definition) is 1. The molecule has 0 saturated carbocycles. The molecule has 0 fully saturated rings. The summed E-state index contributed by atoms with van der Waals surface area (Å²) in [6, 6.07) is 28.7. The first-order chi connectivity index (χ1) is 21.2. The summed E-state index contributed by atoms with van der Waals surface area (Å²) >= 11 is 0. The van der Waals surface area contributed by atoms with Crippen LogP contribution in [0, 0.1) is 6.92 Å². The molecule has 9 nitrogen and oxygen atoms in total. The molecular formula is C34H37N3O6S. The van der Waals surface area contributed by atoms with Crippen LogP contribution in [0.25, 0.3) is 0 Å². The first-order valence-electron chi connectivity index (χ1n) is 14.1. The Morgan fingerprint density at radius 3 is 2.05 bits per heavy atom. The quantitative estimate of drug-likeness (QED) is 0.236. The molecule has 0 bridgehead atoms. The maximum Gasteiger partial charge on any atom is 0.264 e. The average Bonchev–Trinajstić information content (AvgIpc) is 3.05. The molecule has 0 aliphatic rings. The molecule has 4 aromatic rings. The second-order valence-electron chi connectivity index (χ2n) is 10.2. The molecule has 0 aliphatic heterocycles. The Bertz CT molecular complexity index is 1680. The van der Waals surface area contributed by atoms with Crippen LogP contribution in [0.2, 0.25) is 0 Å². The van der Waals surface area contributed by atoms with E-state index < -0.39 is 28.5 Å². The monoisotopic (exact) mass is 615 g/mol. The maximum absolute atomic E-state index is 14.4. The fraction of sp³-hybridized carbons (Fsp3) is 0.235. The average molecular weight is 616 g/mol. The first-order valence-corrected chi connectivity index (χ1v) is 15.5. The topological polar surface area (TPSA) is 105 Å². The summed E-state index contributed by atoms with van der Waals surface area (Å²) in [6.07, 6.45) is 0.236. The lowest BCUT2D eigenvalue weighted by Crippen LogP contribution is -2.53. The number of amides is 2. The van der Waals surface area contributed by atoms with Crippen LogP contribution in [-0.2, 0) is 32.6 Å². The number of aryl methyl sites for hydroxylation is 1. The Balaban J connectivity index is 1.82. The van der Waals surface area contributed by atoms with Gasteiger partial charge in [0.15, 0.2) is 11.5 Å². The molecule has 1 N–H and O–H groups in total. The van der Waals surface area contributed by atoms with Gasteiger partial charge in [0.2, 0.25) is 11.8 Å². The zero-order chi connectivity index (χ0) is 31.7. The third-order valence-corrected chi connectivity index (χ3v) is 9.01. The molecule has 0 heterocycles.